The van der Waals surface area contributed by atoms with E-state index in [1.54, 1.807) is 18.7 Å². The smallest absolute Gasteiger partial charge is 0.230 e. The summed E-state index contributed by atoms with van der Waals surface area (Å²) in [4.78, 5) is 11.4. The summed E-state index contributed by atoms with van der Waals surface area (Å²) in [5, 5.41) is 12.9. The Hall–Kier alpha value is -0.220. The summed E-state index contributed by atoms with van der Waals surface area (Å²) >= 11 is 1.63. The highest BCUT2D eigenvalue weighted by molar-refractivity contribution is 7.99. The third-order valence-corrected chi connectivity index (χ3v) is 4.06. The van der Waals surface area contributed by atoms with E-state index in [-0.39, 0.29) is 11.8 Å². The minimum Gasteiger partial charge on any atom is -0.388 e. The molecule has 0 aliphatic heterocycles. The molecule has 0 rings (SSSR count). The molecule has 0 saturated carbocycles. The van der Waals surface area contributed by atoms with Crippen molar-refractivity contribution in [1.82, 2.24) is 5.32 Å². The highest BCUT2D eigenvalue weighted by Crippen LogP contribution is 2.18. The molecule has 2 N–H and O–H groups in total. The van der Waals surface area contributed by atoms with Crippen LogP contribution in [0, 0.1) is 5.92 Å². The zero-order valence-electron chi connectivity index (χ0n) is 10.9. The number of nitrogens with one attached hydrogen (secondary N) is 1. The topological polar surface area (TPSA) is 49.3 Å². The van der Waals surface area contributed by atoms with Gasteiger partial charge in [-0.05, 0) is 25.0 Å². The maximum absolute atomic E-state index is 11.4. The van der Waals surface area contributed by atoms with Gasteiger partial charge in [0, 0.05) is 6.54 Å². The lowest BCUT2D eigenvalue weighted by Crippen LogP contribution is -2.45. The van der Waals surface area contributed by atoms with Crippen molar-refractivity contribution in [2.75, 3.05) is 18.1 Å². The number of rotatable bonds is 8. The monoisotopic (exact) mass is 247 g/mol. The molecule has 1 amide bonds. The van der Waals surface area contributed by atoms with Gasteiger partial charge in [-0.1, -0.05) is 27.2 Å². The van der Waals surface area contributed by atoms with Crippen LogP contribution in [0.1, 0.15) is 40.5 Å². The average Bonchev–Trinajstić information content (AvgIpc) is 2.25. The van der Waals surface area contributed by atoms with Crippen molar-refractivity contribution in [2.24, 2.45) is 5.92 Å². The van der Waals surface area contributed by atoms with Crippen LogP contribution >= 0.6 is 11.8 Å². The molecule has 96 valence electrons. The molecule has 0 aliphatic rings. The molecule has 2 atom stereocenters. The van der Waals surface area contributed by atoms with Gasteiger partial charge in [0.1, 0.15) is 0 Å². The van der Waals surface area contributed by atoms with Gasteiger partial charge in [0.15, 0.2) is 0 Å². The molecule has 0 aromatic heterocycles. The molecule has 0 aromatic rings. The Balaban J connectivity index is 3.81. The molecule has 4 heteroatoms. The van der Waals surface area contributed by atoms with E-state index in [9.17, 15) is 9.90 Å². The fourth-order valence-electron chi connectivity index (χ4n) is 1.25. The summed E-state index contributed by atoms with van der Waals surface area (Å²) < 4.78 is 0. The molecule has 0 aliphatic carbocycles. The van der Waals surface area contributed by atoms with Crippen LogP contribution in [-0.4, -0.2) is 34.7 Å². The Morgan fingerprint density at radius 1 is 1.50 bits per heavy atom. The molecule has 0 saturated heterocycles. The largest absolute Gasteiger partial charge is 0.388 e. The molecule has 16 heavy (non-hydrogen) atoms. The second kappa shape index (κ2) is 7.96. The van der Waals surface area contributed by atoms with Gasteiger partial charge in [0.2, 0.25) is 5.91 Å². The number of carbonyl (C=O) groups excluding carboxylic acids is 1. The second-order valence-electron chi connectivity index (χ2n) is 4.50. The van der Waals surface area contributed by atoms with Crippen molar-refractivity contribution in [3.8, 4) is 0 Å². The van der Waals surface area contributed by atoms with Crippen LogP contribution in [0.3, 0.4) is 0 Å². The fraction of sp³-hybridized carbons (Fsp3) is 0.917. The molecule has 0 aromatic carbocycles. The van der Waals surface area contributed by atoms with E-state index in [0.717, 1.165) is 18.6 Å². The van der Waals surface area contributed by atoms with Crippen molar-refractivity contribution in [2.45, 2.75) is 46.1 Å². The van der Waals surface area contributed by atoms with Crippen LogP contribution in [0.2, 0.25) is 0 Å². The van der Waals surface area contributed by atoms with Crippen LogP contribution in [0.4, 0.5) is 0 Å². The number of carbonyl (C=O) groups is 1. The number of amides is 1. The van der Waals surface area contributed by atoms with E-state index in [0.29, 0.717) is 12.3 Å². The first-order valence-electron chi connectivity index (χ1n) is 6.00. The average molecular weight is 247 g/mol. The van der Waals surface area contributed by atoms with Crippen molar-refractivity contribution >= 4 is 17.7 Å². The highest BCUT2D eigenvalue weighted by atomic mass is 32.2. The number of aliphatic hydroxyl groups is 1. The quantitative estimate of drug-likeness (QED) is 0.645. The third-order valence-electron chi connectivity index (χ3n) is 2.90. The summed E-state index contributed by atoms with van der Waals surface area (Å²) in [5.41, 5.74) is -0.806. The molecular formula is C12H25NO2S. The number of thioether (sulfide) groups is 1. The lowest BCUT2D eigenvalue weighted by Gasteiger charge is -2.29. The highest BCUT2D eigenvalue weighted by Gasteiger charge is 2.27. The SMILES string of the molecule is CCCSCC(=O)NCC(C)(O)C(C)CC. The van der Waals surface area contributed by atoms with Crippen molar-refractivity contribution < 1.29 is 9.90 Å². The Morgan fingerprint density at radius 3 is 2.62 bits per heavy atom. The molecule has 0 spiro atoms. The first-order valence-corrected chi connectivity index (χ1v) is 7.16. The Kier molecular flexibility index (Phi) is 7.85. The third kappa shape index (κ3) is 6.38. The van der Waals surface area contributed by atoms with E-state index < -0.39 is 5.60 Å². The summed E-state index contributed by atoms with van der Waals surface area (Å²) in [6.07, 6.45) is 2.00. The van der Waals surface area contributed by atoms with Crippen molar-refractivity contribution in [3.63, 3.8) is 0 Å². The van der Waals surface area contributed by atoms with Crippen LogP contribution in [0.25, 0.3) is 0 Å². The molecular weight excluding hydrogens is 222 g/mol. The minimum absolute atomic E-state index is 0.0158. The molecule has 0 radical (unpaired) electrons. The van der Waals surface area contributed by atoms with E-state index in [4.69, 9.17) is 0 Å². The molecule has 0 heterocycles. The van der Waals surface area contributed by atoms with Gasteiger partial charge in [0.25, 0.3) is 0 Å². The first-order chi connectivity index (χ1) is 7.44. The number of hydrogen-bond acceptors (Lipinski definition) is 3. The summed E-state index contributed by atoms with van der Waals surface area (Å²) in [6.45, 7) is 8.25. The van der Waals surface area contributed by atoms with E-state index in [1.165, 1.54) is 0 Å². The van der Waals surface area contributed by atoms with Gasteiger partial charge in [0.05, 0.1) is 11.4 Å². The van der Waals surface area contributed by atoms with Gasteiger partial charge >= 0.3 is 0 Å². The molecule has 0 fully saturated rings. The predicted octanol–water partition coefficient (Wildman–Crippen LogP) is 2.04. The summed E-state index contributed by atoms with van der Waals surface area (Å²) in [7, 11) is 0. The maximum atomic E-state index is 11.4. The number of hydrogen-bond donors (Lipinski definition) is 2. The normalized spacial score (nSPS) is 16.6. The summed E-state index contributed by atoms with van der Waals surface area (Å²) in [5.74, 6) is 1.71. The minimum atomic E-state index is -0.806. The Morgan fingerprint density at radius 2 is 2.12 bits per heavy atom. The second-order valence-corrected chi connectivity index (χ2v) is 5.60. The molecule has 0 bridgehead atoms. The van der Waals surface area contributed by atoms with Gasteiger partial charge in [-0.25, -0.2) is 0 Å². The van der Waals surface area contributed by atoms with Gasteiger partial charge in [-0.2, -0.15) is 11.8 Å². The standard InChI is InChI=1S/C12H25NO2S/c1-5-7-16-8-11(14)13-9-12(4,15)10(3)6-2/h10,15H,5-9H2,1-4H3,(H,13,14). The Labute approximate surface area is 103 Å². The van der Waals surface area contributed by atoms with Gasteiger partial charge in [-0.3, -0.25) is 4.79 Å². The summed E-state index contributed by atoms with van der Waals surface area (Å²) in [6, 6.07) is 0. The van der Waals surface area contributed by atoms with Crippen LogP contribution in [-0.2, 0) is 4.79 Å². The zero-order valence-corrected chi connectivity index (χ0v) is 11.7. The van der Waals surface area contributed by atoms with Crippen LogP contribution in [0.5, 0.6) is 0 Å². The van der Waals surface area contributed by atoms with E-state index >= 15 is 0 Å². The zero-order chi connectivity index (χ0) is 12.6. The molecule has 3 nitrogen and oxygen atoms in total. The van der Waals surface area contributed by atoms with E-state index in [2.05, 4.69) is 12.2 Å². The predicted molar refractivity (Wildman–Crippen MR) is 70.7 cm³/mol. The van der Waals surface area contributed by atoms with Crippen molar-refractivity contribution in [1.29, 1.82) is 0 Å². The lowest BCUT2D eigenvalue weighted by molar-refractivity contribution is -0.120. The van der Waals surface area contributed by atoms with Gasteiger partial charge in [-0.15, -0.1) is 0 Å². The van der Waals surface area contributed by atoms with Crippen molar-refractivity contribution in [3.05, 3.63) is 0 Å². The molecule has 2 unspecified atom stereocenters. The lowest BCUT2D eigenvalue weighted by atomic mass is 9.89. The fourth-order valence-corrected chi connectivity index (χ4v) is 1.97. The van der Waals surface area contributed by atoms with Crippen LogP contribution in [0.15, 0.2) is 0 Å². The maximum Gasteiger partial charge on any atom is 0.230 e. The van der Waals surface area contributed by atoms with Crippen LogP contribution < -0.4 is 5.32 Å². The van der Waals surface area contributed by atoms with E-state index in [1.807, 2.05) is 13.8 Å². The first kappa shape index (κ1) is 15.8. The van der Waals surface area contributed by atoms with Gasteiger partial charge < -0.3 is 10.4 Å². The Bertz CT molecular complexity index is 207.